The molecule has 0 bridgehead atoms. The molecule has 0 aromatic heterocycles. The molecule has 122 valence electrons. The molecule has 0 aliphatic rings. The van der Waals surface area contributed by atoms with Gasteiger partial charge in [0.15, 0.2) is 0 Å². The lowest BCUT2D eigenvalue weighted by molar-refractivity contribution is 0.656. The SMILES string of the molecule is SCSC(CC(S)CS)C(S)CC(SCS)C(S)CS. The summed E-state index contributed by atoms with van der Waals surface area (Å²) in [6.45, 7) is 0. The van der Waals surface area contributed by atoms with E-state index in [1.54, 1.807) is 0 Å². The van der Waals surface area contributed by atoms with E-state index in [0.29, 0.717) is 21.0 Å². The summed E-state index contributed by atoms with van der Waals surface area (Å²) in [5.41, 5.74) is 0. The van der Waals surface area contributed by atoms with Crippen LogP contribution in [0.3, 0.4) is 0 Å². The van der Waals surface area contributed by atoms with Crippen LogP contribution in [-0.2, 0) is 0 Å². The third kappa shape index (κ3) is 10.1. The molecule has 0 heterocycles. The summed E-state index contributed by atoms with van der Waals surface area (Å²) in [7, 11) is 0. The van der Waals surface area contributed by atoms with E-state index in [4.69, 9.17) is 12.6 Å². The van der Waals surface area contributed by atoms with Gasteiger partial charge in [0.1, 0.15) is 0 Å². The molecule has 0 radical (unpaired) electrons. The van der Waals surface area contributed by atoms with E-state index in [-0.39, 0.29) is 5.25 Å². The van der Waals surface area contributed by atoms with Gasteiger partial charge in [-0.05, 0) is 12.8 Å². The highest BCUT2D eigenvalue weighted by atomic mass is 32.2. The lowest BCUT2D eigenvalue weighted by atomic mass is 10.1. The average molecular weight is 445 g/mol. The molecule has 0 fully saturated rings. The van der Waals surface area contributed by atoms with Crippen molar-refractivity contribution < 1.29 is 0 Å². The Morgan fingerprint density at radius 3 is 1.55 bits per heavy atom. The Kier molecular flexibility index (Phi) is 16.8. The smallest absolute Gasteiger partial charge is 0.0365 e. The van der Waals surface area contributed by atoms with Gasteiger partial charge in [0.25, 0.3) is 0 Å². The first-order valence-corrected chi connectivity index (χ1v) is 12.4. The number of hydrogen-bond acceptors (Lipinski definition) is 9. The maximum Gasteiger partial charge on any atom is 0.0365 e. The lowest BCUT2D eigenvalue weighted by Gasteiger charge is -2.29. The standard InChI is InChI=1S/C11H24S9/c12-3-7(16)1-10(19-5-14)8(17)2-11(20-6-15)9(18)4-13/h7-18H,1-6H2. The Balaban J connectivity index is 4.56. The Hall–Kier alpha value is 3.15. The lowest BCUT2D eigenvalue weighted by Crippen LogP contribution is -2.30. The normalized spacial score (nSPS) is 19.4. The molecule has 0 aromatic carbocycles. The molecule has 0 nitrogen and oxygen atoms in total. The second-order valence-corrected chi connectivity index (χ2v) is 11.0. The molecular formula is C11H24S9. The van der Waals surface area contributed by atoms with Crippen LogP contribution in [0.25, 0.3) is 0 Å². The van der Waals surface area contributed by atoms with Crippen molar-refractivity contribution in [1.29, 1.82) is 0 Å². The van der Waals surface area contributed by atoms with Gasteiger partial charge in [0.2, 0.25) is 0 Å². The zero-order chi connectivity index (χ0) is 15.5. The van der Waals surface area contributed by atoms with Crippen molar-refractivity contribution in [2.75, 3.05) is 21.7 Å². The van der Waals surface area contributed by atoms with E-state index in [0.717, 1.165) is 34.5 Å². The van der Waals surface area contributed by atoms with Crippen LogP contribution in [0.1, 0.15) is 12.8 Å². The van der Waals surface area contributed by atoms with Crippen molar-refractivity contribution in [3.8, 4) is 0 Å². The van der Waals surface area contributed by atoms with Gasteiger partial charge in [-0.2, -0.15) is 88.4 Å². The molecular weight excluding hydrogens is 421 g/mol. The van der Waals surface area contributed by atoms with Crippen LogP contribution in [0, 0.1) is 0 Å². The van der Waals surface area contributed by atoms with Crippen LogP contribution in [0.4, 0.5) is 0 Å². The molecule has 0 rings (SSSR count). The van der Waals surface area contributed by atoms with Crippen molar-refractivity contribution in [3.05, 3.63) is 0 Å². The minimum atomic E-state index is 0.267. The Bertz CT molecular complexity index is 228. The van der Waals surface area contributed by atoms with E-state index in [9.17, 15) is 0 Å². The Morgan fingerprint density at radius 2 is 1.15 bits per heavy atom. The number of thioether (sulfide) groups is 2. The third-order valence-corrected chi connectivity index (χ3v) is 9.22. The Morgan fingerprint density at radius 1 is 0.650 bits per heavy atom. The molecule has 0 aromatic rings. The minimum absolute atomic E-state index is 0.267. The third-order valence-electron chi connectivity index (χ3n) is 2.81. The summed E-state index contributed by atoms with van der Waals surface area (Å²) in [6, 6.07) is 0. The second-order valence-electron chi connectivity index (χ2n) is 4.29. The highest BCUT2D eigenvalue weighted by molar-refractivity contribution is 8.10. The van der Waals surface area contributed by atoms with Gasteiger partial charge in [-0.3, -0.25) is 0 Å². The molecule has 0 spiro atoms. The summed E-state index contributed by atoms with van der Waals surface area (Å²) >= 11 is 35.0. The first-order chi connectivity index (χ1) is 9.49. The van der Waals surface area contributed by atoms with Gasteiger partial charge in [-0.15, -0.1) is 23.5 Å². The number of rotatable bonds is 12. The van der Waals surface area contributed by atoms with Crippen LogP contribution >= 0.6 is 112 Å². The summed E-state index contributed by atoms with van der Waals surface area (Å²) in [6.07, 6.45) is 2.00. The summed E-state index contributed by atoms with van der Waals surface area (Å²) in [5, 5.41) is 3.33. The van der Waals surface area contributed by atoms with E-state index in [1.807, 2.05) is 23.5 Å². The molecule has 0 saturated carbocycles. The molecule has 0 aliphatic carbocycles. The van der Waals surface area contributed by atoms with E-state index >= 15 is 0 Å². The monoisotopic (exact) mass is 444 g/mol. The molecule has 0 aliphatic heterocycles. The van der Waals surface area contributed by atoms with Crippen molar-refractivity contribution >= 4 is 112 Å². The van der Waals surface area contributed by atoms with Gasteiger partial charge in [-0.1, -0.05) is 0 Å². The Labute approximate surface area is 171 Å². The van der Waals surface area contributed by atoms with E-state index < -0.39 is 0 Å². The van der Waals surface area contributed by atoms with Crippen LogP contribution < -0.4 is 0 Å². The molecule has 20 heavy (non-hydrogen) atoms. The molecule has 0 N–H and O–H groups in total. The van der Waals surface area contributed by atoms with Crippen LogP contribution in [0.15, 0.2) is 0 Å². The zero-order valence-corrected chi connectivity index (χ0v) is 19.0. The zero-order valence-electron chi connectivity index (χ0n) is 11.1. The first-order valence-electron chi connectivity index (χ1n) is 6.20. The van der Waals surface area contributed by atoms with Gasteiger partial charge in [-0.25, -0.2) is 0 Å². The van der Waals surface area contributed by atoms with Crippen molar-refractivity contribution in [2.24, 2.45) is 0 Å². The second kappa shape index (κ2) is 14.5. The molecule has 9 heteroatoms. The predicted octanol–water partition coefficient (Wildman–Crippen LogP) is 4.50. The fourth-order valence-electron chi connectivity index (χ4n) is 1.71. The van der Waals surface area contributed by atoms with E-state index in [2.05, 4.69) is 75.8 Å². The van der Waals surface area contributed by atoms with Gasteiger partial charge >= 0.3 is 0 Å². The van der Waals surface area contributed by atoms with Crippen LogP contribution in [0.5, 0.6) is 0 Å². The van der Waals surface area contributed by atoms with Crippen LogP contribution in [-0.4, -0.2) is 47.9 Å². The van der Waals surface area contributed by atoms with Gasteiger partial charge in [0, 0.05) is 47.9 Å². The van der Waals surface area contributed by atoms with Gasteiger partial charge in [0.05, 0.1) is 0 Å². The quantitative estimate of drug-likeness (QED) is 0.175. The highest BCUT2D eigenvalue weighted by Gasteiger charge is 2.26. The topological polar surface area (TPSA) is 0 Å². The fraction of sp³-hybridized carbons (Fsp3) is 1.00. The van der Waals surface area contributed by atoms with Crippen molar-refractivity contribution in [1.82, 2.24) is 0 Å². The number of hydrogen-bond donors (Lipinski definition) is 7. The van der Waals surface area contributed by atoms with Gasteiger partial charge < -0.3 is 0 Å². The average Bonchev–Trinajstić information content (AvgIpc) is 2.45. The highest BCUT2D eigenvalue weighted by Crippen LogP contribution is 2.33. The van der Waals surface area contributed by atoms with Crippen molar-refractivity contribution in [3.63, 3.8) is 0 Å². The maximum atomic E-state index is 4.83. The summed E-state index contributed by atoms with van der Waals surface area (Å²) < 4.78 is 0. The predicted molar refractivity (Wildman–Crippen MR) is 126 cm³/mol. The molecule has 0 saturated heterocycles. The largest absolute Gasteiger partial charge is 0.178 e. The number of thiol groups is 7. The fourth-order valence-corrected chi connectivity index (χ4v) is 6.65. The minimum Gasteiger partial charge on any atom is -0.178 e. The van der Waals surface area contributed by atoms with E-state index in [1.165, 1.54) is 0 Å². The molecule has 0 amide bonds. The van der Waals surface area contributed by atoms with Crippen molar-refractivity contribution in [2.45, 2.75) is 39.1 Å². The van der Waals surface area contributed by atoms with Crippen LogP contribution in [0.2, 0.25) is 0 Å². The maximum absolute atomic E-state index is 4.83. The molecule has 5 unspecified atom stereocenters. The summed E-state index contributed by atoms with van der Waals surface area (Å²) in [4.78, 5) is 0. The summed E-state index contributed by atoms with van der Waals surface area (Å²) in [5.74, 6) is 1.55. The first kappa shape index (κ1) is 23.1. The molecule has 5 atom stereocenters.